The second-order valence-corrected chi connectivity index (χ2v) is 7.17. The predicted octanol–water partition coefficient (Wildman–Crippen LogP) is 2.00. The standard InChI is InChI=1S/C17H22N2O5S/c1-2-23-17(20)15-9-10-16(24-15)25(21,22)19(12-6-11-18)13-14-7-4-3-5-8-14/h3-5,7-10H,2,6,11-13,18H2,1H3. The van der Waals surface area contributed by atoms with Crippen LogP contribution in [0.5, 0.6) is 0 Å². The van der Waals surface area contributed by atoms with Crippen LogP contribution in [-0.4, -0.2) is 38.4 Å². The van der Waals surface area contributed by atoms with Crippen LogP contribution in [0.3, 0.4) is 0 Å². The Morgan fingerprint density at radius 2 is 1.92 bits per heavy atom. The Morgan fingerprint density at radius 1 is 1.20 bits per heavy atom. The van der Waals surface area contributed by atoms with Gasteiger partial charge in [-0.2, -0.15) is 4.31 Å². The zero-order valence-corrected chi connectivity index (χ0v) is 14.9. The highest BCUT2D eigenvalue weighted by Crippen LogP contribution is 2.21. The van der Waals surface area contributed by atoms with Crippen molar-refractivity contribution in [2.24, 2.45) is 5.73 Å². The maximum Gasteiger partial charge on any atom is 0.374 e. The quantitative estimate of drug-likeness (QED) is 0.681. The first-order valence-electron chi connectivity index (χ1n) is 8.00. The zero-order valence-electron chi connectivity index (χ0n) is 14.1. The SMILES string of the molecule is CCOC(=O)c1ccc(S(=O)(=O)N(CCCN)Cc2ccccc2)o1. The van der Waals surface area contributed by atoms with E-state index in [1.807, 2.05) is 30.3 Å². The van der Waals surface area contributed by atoms with Gasteiger partial charge in [-0.25, -0.2) is 13.2 Å². The molecule has 1 aromatic carbocycles. The number of hydrogen-bond acceptors (Lipinski definition) is 6. The Balaban J connectivity index is 2.26. The number of ether oxygens (including phenoxy) is 1. The van der Waals surface area contributed by atoms with E-state index < -0.39 is 16.0 Å². The van der Waals surface area contributed by atoms with Crippen molar-refractivity contribution in [2.75, 3.05) is 19.7 Å². The third kappa shape index (κ3) is 4.91. The maximum atomic E-state index is 12.9. The van der Waals surface area contributed by atoms with E-state index in [4.69, 9.17) is 14.9 Å². The third-order valence-electron chi connectivity index (χ3n) is 3.47. The van der Waals surface area contributed by atoms with E-state index in [9.17, 15) is 13.2 Å². The lowest BCUT2D eigenvalue weighted by Gasteiger charge is -2.20. The summed E-state index contributed by atoms with van der Waals surface area (Å²) >= 11 is 0. The molecular formula is C17H22N2O5S. The highest BCUT2D eigenvalue weighted by molar-refractivity contribution is 7.89. The number of nitrogens with two attached hydrogens (primary N) is 1. The summed E-state index contributed by atoms with van der Waals surface area (Å²) in [6, 6.07) is 11.8. The molecule has 1 heterocycles. The van der Waals surface area contributed by atoms with E-state index >= 15 is 0 Å². The Hall–Kier alpha value is -2.16. The molecule has 25 heavy (non-hydrogen) atoms. The average Bonchev–Trinajstić information content (AvgIpc) is 3.10. The molecule has 2 aromatic rings. The summed E-state index contributed by atoms with van der Waals surface area (Å²) in [5.41, 5.74) is 6.37. The van der Waals surface area contributed by atoms with Crippen molar-refractivity contribution >= 4 is 16.0 Å². The van der Waals surface area contributed by atoms with Crippen LogP contribution in [0, 0.1) is 0 Å². The molecule has 0 radical (unpaired) electrons. The van der Waals surface area contributed by atoms with Crippen LogP contribution < -0.4 is 5.73 Å². The summed E-state index contributed by atoms with van der Waals surface area (Å²) in [7, 11) is -3.90. The van der Waals surface area contributed by atoms with Crippen LogP contribution in [0.15, 0.2) is 52.0 Å². The fraction of sp³-hybridized carbons (Fsp3) is 0.353. The number of rotatable bonds is 9. The van der Waals surface area contributed by atoms with Crippen LogP contribution >= 0.6 is 0 Å². The number of carbonyl (C=O) groups excluding carboxylic acids is 1. The Labute approximate surface area is 147 Å². The smallest absolute Gasteiger partial charge is 0.374 e. The number of nitrogens with zero attached hydrogens (tertiary/aromatic N) is 1. The minimum atomic E-state index is -3.90. The molecule has 0 fully saturated rings. The van der Waals surface area contributed by atoms with Crippen molar-refractivity contribution in [3.05, 3.63) is 53.8 Å². The van der Waals surface area contributed by atoms with E-state index in [2.05, 4.69) is 0 Å². The van der Waals surface area contributed by atoms with E-state index in [1.54, 1.807) is 6.92 Å². The van der Waals surface area contributed by atoms with Gasteiger partial charge in [-0.05, 0) is 37.6 Å². The molecule has 0 saturated heterocycles. The Bertz CT molecular complexity index is 786. The molecule has 0 bridgehead atoms. The number of sulfonamides is 1. The van der Waals surface area contributed by atoms with E-state index in [0.29, 0.717) is 13.0 Å². The first-order valence-corrected chi connectivity index (χ1v) is 9.44. The third-order valence-corrected chi connectivity index (χ3v) is 5.18. The van der Waals surface area contributed by atoms with Crippen molar-refractivity contribution in [2.45, 2.75) is 25.0 Å². The van der Waals surface area contributed by atoms with E-state index in [-0.39, 0.29) is 30.5 Å². The summed E-state index contributed by atoms with van der Waals surface area (Å²) < 4.78 is 37.1. The molecule has 0 atom stereocenters. The fourth-order valence-corrected chi connectivity index (χ4v) is 3.61. The molecule has 0 aliphatic rings. The molecule has 0 unspecified atom stereocenters. The Kier molecular flexibility index (Phi) is 6.74. The number of carbonyl (C=O) groups is 1. The van der Waals surface area contributed by atoms with Gasteiger partial charge in [0, 0.05) is 13.1 Å². The lowest BCUT2D eigenvalue weighted by molar-refractivity contribution is 0.0483. The predicted molar refractivity (Wildman–Crippen MR) is 92.4 cm³/mol. The first-order chi connectivity index (χ1) is 12.0. The van der Waals surface area contributed by atoms with Gasteiger partial charge in [0.25, 0.3) is 10.0 Å². The second kappa shape index (κ2) is 8.80. The molecule has 1 aromatic heterocycles. The van der Waals surface area contributed by atoms with Crippen LogP contribution in [0.2, 0.25) is 0 Å². The molecule has 0 aliphatic heterocycles. The molecule has 0 amide bonds. The second-order valence-electron chi connectivity index (χ2n) is 5.31. The number of esters is 1. The molecule has 8 heteroatoms. The van der Waals surface area contributed by atoms with Gasteiger partial charge in [-0.3, -0.25) is 0 Å². The highest BCUT2D eigenvalue weighted by atomic mass is 32.2. The number of furan rings is 1. The van der Waals surface area contributed by atoms with Gasteiger partial charge < -0.3 is 14.9 Å². The van der Waals surface area contributed by atoms with Gasteiger partial charge in [0.15, 0.2) is 0 Å². The van der Waals surface area contributed by atoms with Crippen molar-refractivity contribution in [3.63, 3.8) is 0 Å². The monoisotopic (exact) mass is 366 g/mol. The van der Waals surface area contributed by atoms with Gasteiger partial charge in [0.1, 0.15) is 0 Å². The summed E-state index contributed by atoms with van der Waals surface area (Å²) in [6.07, 6.45) is 0.511. The van der Waals surface area contributed by atoms with Crippen molar-refractivity contribution in [1.82, 2.24) is 4.31 Å². The largest absolute Gasteiger partial charge is 0.460 e. The summed E-state index contributed by atoms with van der Waals surface area (Å²) in [4.78, 5) is 11.7. The van der Waals surface area contributed by atoms with Gasteiger partial charge in [-0.15, -0.1) is 0 Å². The number of benzene rings is 1. The number of hydrogen-bond donors (Lipinski definition) is 1. The van der Waals surface area contributed by atoms with Gasteiger partial charge in [0.05, 0.1) is 6.61 Å². The fourth-order valence-electron chi connectivity index (χ4n) is 2.24. The molecule has 0 spiro atoms. The van der Waals surface area contributed by atoms with Crippen LogP contribution in [-0.2, 0) is 21.3 Å². The van der Waals surface area contributed by atoms with Gasteiger partial charge >= 0.3 is 5.97 Å². The van der Waals surface area contributed by atoms with Gasteiger partial charge in [0.2, 0.25) is 10.9 Å². The van der Waals surface area contributed by atoms with Gasteiger partial charge in [-0.1, -0.05) is 30.3 Å². The minimum absolute atomic E-state index is 0.140. The first kappa shape index (κ1) is 19.2. The zero-order chi connectivity index (χ0) is 18.3. The lowest BCUT2D eigenvalue weighted by atomic mass is 10.2. The average molecular weight is 366 g/mol. The summed E-state index contributed by atoms with van der Waals surface area (Å²) in [5.74, 6) is -0.834. The van der Waals surface area contributed by atoms with E-state index in [1.165, 1.54) is 16.4 Å². The molecule has 7 nitrogen and oxygen atoms in total. The Morgan fingerprint density at radius 3 is 2.56 bits per heavy atom. The molecular weight excluding hydrogens is 344 g/mol. The molecule has 136 valence electrons. The molecule has 2 rings (SSSR count). The van der Waals surface area contributed by atoms with Crippen molar-refractivity contribution in [3.8, 4) is 0 Å². The minimum Gasteiger partial charge on any atom is -0.460 e. The van der Waals surface area contributed by atoms with Crippen LogP contribution in [0.25, 0.3) is 0 Å². The van der Waals surface area contributed by atoms with Crippen LogP contribution in [0.4, 0.5) is 0 Å². The summed E-state index contributed by atoms with van der Waals surface area (Å²) in [6.45, 7) is 2.65. The molecule has 0 saturated carbocycles. The van der Waals surface area contributed by atoms with E-state index in [0.717, 1.165) is 5.56 Å². The van der Waals surface area contributed by atoms with Crippen molar-refractivity contribution < 1.29 is 22.4 Å². The van der Waals surface area contributed by atoms with Crippen LogP contribution in [0.1, 0.15) is 29.5 Å². The molecule has 2 N–H and O–H groups in total. The topological polar surface area (TPSA) is 103 Å². The highest BCUT2D eigenvalue weighted by Gasteiger charge is 2.28. The molecule has 0 aliphatic carbocycles. The van der Waals surface area contributed by atoms with Crippen molar-refractivity contribution in [1.29, 1.82) is 0 Å². The lowest BCUT2D eigenvalue weighted by Crippen LogP contribution is -2.32. The maximum absolute atomic E-state index is 12.9. The summed E-state index contributed by atoms with van der Waals surface area (Å²) in [5, 5.41) is -0.288. The normalized spacial score (nSPS) is 11.6.